The number of hydrogen-bond donors (Lipinski definition) is 1. The molecule has 5 heteroatoms. The normalized spacial score (nSPS) is 12.3. The predicted octanol–water partition coefficient (Wildman–Crippen LogP) is 15.8. The highest BCUT2D eigenvalue weighted by atomic mass is 16.6. The lowest BCUT2D eigenvalue weighted by Crippen LogP contribution is -2.28. The van der Waals surface area contributed by atoms with Gasteiger partial charge < -0.3 is 14.6 Å². The molecule has 0 aliphatic heterocycles. The van der Waals surface area contributed by atoms with Crippen LogP contribution in [-0.4, -0.2) is 36.4 Å². The van der Waals surface area contributed by atoms with Crippen LogP contribution in [0.5, 0.6) is 0 Å². The fourth-order valence-electron chi connectivity index (χ4n) is 7.25. The molecule has 324 valence electrons. The number of aliphatic hydroxyl groups excluding tert-OH is 1. The van der Waals surface area contributed by atoms with Crippen molar-refractivity contribution in [1.82, 2.24) is 0 Å². The number of unbranched alkanes of at least 4 members (excludes halogenated alkanes) is 33. The second kappa shape index (κ2) is 46.8. The van der Waals surface area contributed by atoms with Crippen molar-refractivity contribution >= 4 is 11.9 Å². The van der Waals surface area contributed by atoms with Crippen molar-refractivity contribution < 1.29 is 24.2 Å². The number of rotatable bonds is 45. The maximum Gasteiger partial charge on any atom is 0.306 e. The van der Waals surface area contributed by atoms with E-state index >= 15 is 0 Å². The Bertz CT molecular complexity index is 836. The predicted molar refractivity (Wildman–Crippen MR) is 238 cm³/mol. The van der Waals surface area contributed by atoms with Gasteiger partial charge in [0, 0.05) is 12.8 Å². The fourth-order valence-corrected chi connectivity index (χ4v) is 7.25. The highest BCUT2D eigenvalue weighted by Crippen LogP contribution is 2.16. The van der Waals surface area contributed by atoms with Gasteiger partial charge in [-0.3, -0.25) is 9.59 Å². The Kier molecular flexibility index (Phi) is 45.4. The van der Waals surface area contributed by atoms with E-state index in [1.54, 1.807) is 0 Å². The molecule has 1 N–H and O–H groups in total. The molecule has 5 nitrogen and oxygen atoms in total. The SMILES string of the molecule is CCCCCCC/C=C\CCCCCCCC(=O)OCC(CO)OC(=O)CCCCCCCCCCCCCCCCC/C=C\CCCCCCCCCC. The lowest BCUT2D eigenvalue weighted by atomic mass is 10.0. The molecule has 1 unspecified atom stereocenters. The number of carbonyl (C=O) groups is 2. The topological polar surface area (TPSA) is 72.8 Å². The van der Waals surface area contributed by atoms with Crippen LogP contribution < -0.4 is 0 Å². The Balaban J connectivity index is 3.45. The van der Waals surface area contributed by atoms with Crippen molar-refractivity contribution in [2.24, 2.45) is 0 Å². The third-order valence-electron chi connectivity index (χ3n) is 11.0. The summed E-state index contributed by atoms with van der Waals surface area (Å²) in [5.74, 6) is -0.589. The molecule has 0 fully saturated rings. The molecule has 0 radical (unpaired) electrons. The quantitative estimate of drug-likeness (QED) is 0.0379. The van der Waals surface area contributed by atoms with Crippen molar-refractivity contribution in [2.45, 2.75) is 270 Å². The van der Waals surface area contributed by atoms with E-state index in [2.05, 4.69) is 38.2 Å². The number of ether oxygens (including phenoxy) is 2. The summed E-state index contributed by atoms with van der Waals surface area (Å²) in [5.41, 5.74) is 0. The Morgan fingerprint density at radius 1 is 0.400 bits per heavy atom. The van der Waals surface area contributed by atoms with Crippen molar-refractivity contribution in [3.8, 4) is 0 Å². The first-order valence-electron chi connectivity index (χ1n) is 24.4. The number of carbonyl (C=O) groups excluding carboxylic acids is 2. The molecule has 0 aromatic rings. The molecule has 0 rings (SSSR count). The summed E-state index contributed by atoms with van der Waals surface area (Å²) < 4.78 is 10.6. The summed E-state index contributed by atoms with van der Waals surface area (Å²) in [6.07, 6.45) is 57.0. The van der Waals surface area contributed by atoms with Crippen molar-refractivity contribution in [3.63, 3.8) is 0 Å². The lowest BCUT2D eigenvalue weighted by molar-refractivity contribution is -0.161. The van der Waals surface area contributed by atoms with Crippen molar-refractivity contribution in [3.05, 3.63) is 24.3 Å². The zero-order chi connectivity index (χ0) is 40.0. The minimum Gasteiger partial charge on any atom is -0.462 e. The molecule has 0 spiro atoms. The minimum absolute atomic E-state index is 0.0659. The second-order valence-corrected chi connectivity index (χ2v) is 16.5. The molecule has 0 aromatic carbocycles. The number of aliphatic hydroxyl groups is 1. The molecule has 0 saturated heterocycles. The molecule has 55 heavy (non-hydrogen) atoms. The third kappa shape index (κ3) is 45.0. The van der Waals surface area contributed by atoms with Gasteiger partial charge in [0.1, 0.15) is 6.61 Å². The van der Waals surface area contributed by atoms with Gasteiger partial charge in [-0.05, 0) is 64.2 Å². The van der Waals surface area contributed by atoms with Crippen molar-refractivity contribution in [1.29, 1.82) is 0 Å². The van der Waals surface area contributed by atoms with Crippen LogP contribution in [0.2, 0.25) is 0 Å². The summed E-state index contributed by atoms with van der Waals surface area (Å²) in [4.78, 5) is 24.4. The average Bonchev–Trinajstić information content (AvgIpc) is 3.19. The van der Waals surface area contributed by atoms with Gasteiger partial charge >= 0.3 is 11.9 Å². The summed E-state index contributed by atoms with van der Waals surface area (Å²) in [5, 5.41) is 9.59. The Labute approximate surface area is 343 Å². The minimum atomic E-state index is -0.771. The molecular weight excluding hydrogens is 681 g/mol. The third-order valence-corrected chi connectivity index (χ3v) is 11.0. The van der Waals surface area contributed by atoms with Gasteiger partial charge in [-0.2, -0.15) is 0 Å². The van der Waals surface area contributed by atoms with Gasteiger partial charge in [-0.1, -0.05) is 212 Å². The number of allylic oxidation sites excluding steroid dienone is 4. The fraction of sp³-hybridized carbons (Fsp3) is 0.880. The Morgan fingerprint density at radius 2 is 0.673 bits per heavy atom. The van der Waals surface area contributed by atoms with Gasteiger partial charge in [-0.15, -0.1) is 0 Å². The maximum absolute atomic E-state index is 12.2. The molecule has 0 heterocycles. The van der Waals surface area contributed by atoms with E-state index in [0.717, 1.165) is 44.9 Å². The van der Waals surface area contributed by atoms with Crippen LogP contribution in [0.4, 0.5) is 0 Å². The highest BCUT2D eigenvalue weighted by molar-refractivity contribution is 5.70. The Morgan fingerprint density at radius 3 is 0.982 bits per heavy atom. The van der Waals surface area contributed by atoms with E-state index in [4.69, 9.17) is 9.47 Å². The highest BCUT2D eigenvalue weighted by Gasteiger charge is 2.16. The molecule has 0 amide bonds. The molecular formula is C50H94O5. The van der Waals surface area contributed by atoms with E-state index < -0.39 is 6.10 Å². The van der Waals surface area contributed by atoms with Crippen LogP contribution in [0.3, 0.4) is 0 Å². The van der Waals surface area contributed by atoms with Crippen LogP contribution in [0.25, 0.3) is 0 Å². The van der Waals surface area contributed by atoms with E-state index in [0.29, 0.717) is 12.8 Å². The van der Waals surface area contributed by atoms with Crippen LogP contribution in [0.15, 0.2) is 24.3 Å². The molecule has 0 aromatic heterocycles. The van der Waals surface area contributed by atoms with Gasteiger partial charge in [0.15, 0.2) is 6.10 Å². The number of hydrogen-bond acceptors (Lipinski definition) is 5. The number of esters is 2. The average molecular weight is 775 g/mol. The maximum atomic E-state index is 12.2. The Hall–Kier alpha value is -1.62. The zero-order valence-corrected chi connectivity index (χ0v) is 37.0. The molecule has 1 atom stereocenters. The molecule has 0 bridgehead atoms. The standard InChI is InChI=1S/C50H94O5/c1-3-5-7-9-11-13-15-17-19-20-21-22-23-24-25-26-27-28-29-30-31-33-35-37-39-41-43-45-50(53)55-48(46-51)47-54-49(52)44-42-40-38-36-34-32-18-16-14-12-10-8-6-4-2/h16,18,20-21,48,51H,3-15,17,19,22-47H2,1-2H3/b18-16-,21-20-. The van der Waals surface area contributed by atoms with Gasteiger partial charge in [-0.25, -0.2) is 0 Å². The second-order valence-electron chi connectivity index (χ2n) is 16.5. The van der Waals surface area contributed by atoms with Crippen LogP contribution >= 0.6 is 0 Å². The van der Waals surface area contributed by atoms with E-state index in [-0.39, 0.29) is 25.2 Å². The summed E-state index contributed by atoms with van der Waals surface area (Å²) in [6, 6.07) is 0. The smallest absolute Gasteiger partial charge is 0.306 e. The van der Waals surface area contributed by atoms with Crippen LogP contribution in [-0.2, 0) is 19.1 Å². The first-order chi connectivity index (χ1) is 27.1. The first-order valence-corrected chi connectivity index (χ1v) is 24.4. The van der Waals surface area contributed by atoms with Gasteiger partial charge in [0.2, 0.25) is 0 Å². The largest absolute Gasteiger partial charge is 0.462 e. The monoisotopic (exact) mass is 775 g/mol. The molecule has 0 aliphatic carbocycles. The lowest BCUT2D eigenvalue weighted by Gasteiger charge is -2.15. The van der Waals surface area contributed by atoms with Gasteiger partial charge in [0.05, 0.1) is 6.61 Å². The zero-order valence-electron chi connectivity index (χ0n) is 37.0. The van der Waals surface area contributed by atoms with Crippen LogP contribution in [0.1, 0.15) is 264 Å². The van der Waals surface area contributed by atoms with E-state index in [9.17, 15) is 14.7 Å². The van der Waals surface area contributed by atoms with Crippen molar-refractivity contribution in [2.75, 3.05) is 13.2 Å². The van der Waals surface area contributed by atoms with Gasteiger partial charge in [0.25, 0.3) is 0 Å². The van der Waals surface area contributed by atoms with Crippen LogP contribution in [0, 0.1) is 0 Å². The van der Waals surface area contributed by atoms with E-state index in [1.807, 2.05) is 0 Å². The summed E-state index contributed by atoms with van der Waals surface area (Å²) in [7, 11) is 0. The van der Waals surface area contributed by atoms with E-state index in [1.165, 1.54) is 193 Å². The molecule has 0 saturated carbocycles. The molecule has 0 aliphatic rings. The first kappa shape index (κ1) is 53.4. The summed E-state index contributed by atoms with van der Waals surface area (Å²) in [6.45, 7) is 4.15. The summed E-state index contributed by atoms with van der Waals surface area (Å²) >= 11 is 0.